The zero-order valence-corrected chi connectivity index (χ0v) is 9.82. The molecule has 0 saturated carbocycles. The van der Waals surface area contributed by atoms with E-state index < -0.39 is 0 Å². The third-order valence-corrected chi connectivity index (χ3v) is 2.96. The van der Waals surface area contributed by atoms with Crippen molar-refractivity contribution in [3.8, 4) is 0 Å². The van der Waals surface area contributed by atoms with E-state index in [0.717, 1.165) is 12.8 Å². The molecular weight excluding hydrogens is 216 g/mol. The molecule has 0 saturated heterocycles. The maximum Gasteiger partial charge on any atom is 0.246 e. The highest BCUT2D eigenvalue weighted by molar-refractivity contribution is 5.77. The van der Waals surface area contributed by atoms with Crippen LogP contribution in [0.4, 0.5) is 0 Å². The topological polar surface area (TPSA) is 64.3 Å². The van der Waals surface area contributed by atoms with Gasteiger partial charge in [-0.05, 0) is 24.0 Å². The fourth-order valence-corrected chi connectivity index (χ4v) is 2.19. The van der Waals surface area contributed by atoms with Crippen molar-refractivity contribution in [2.45, 2.75) is 18.9 Å². The average molecular weight is 234 g/mol. The fourth-order valence-electron chi connectivity index (χ4n) is 2.19. The number of rotatable bonds is 5. The summed E-state index contributed by atoms with van der Waals surface area (Å²) >= 11 is 0. The van der Waals surface area contributed by atoms with Gasteiger partial charge in [0.1, 0.15) is 6.61 Å². The van der Waals surface area contributed by atoms with Crippen molar-refractivity contribution in [3.05, 3.63) is 35.4 Å². The van der Waals surface area contributed by atoms with Gasteiger partial charge in [-0.25, -0.2) is 0 Å². The Hall–Kier alpha value is -1.39. The van der Waals surface area contributed by atoms with E-state index in [4.69, 9.17) is 10.5 Å². The number of ether oxygens (including phenoxy) is 1. The monoisotopic (exact) mass is 234 g/mol. The second kappa shape index (κ2) is 5.80. The molecule has 0 radical (unpaired) electrons. The van der Waals surface area contributed by atoms with E-state index in [1.807, 2.05) is 12.1 Å². The number of nitrogens with two attached hydrogens (primary N) is 1. The summed E-state index contributed by atoms with van der Waals surface area (Å²) in [7, 11) is 0. The molecule has 0 heterocycles. The minimum Gasteiger partial charge on any atom is -0.370 e. The van der Waals surface area contributed by atoms with Crippen LogP contribution in [0.3, 0.4) is 0 Å². The number of aryl methyl sites for hydroxylation is 1. The lowest BCUT2D eigenvalue weighted by atomic mass is 10.1. The summed E-state index contributed by atoms with van der Waals surface area (Å²) in [6.45, 7) is 0.962. The summed E-state index contributed by atoms with van der Waals surface area (Å²) in [5.41, 5.74) is 7.85. The second-order valence-corrected chi connectivity index (χ2v) is 4.20. The van der Waals surface area contributed by atoms with Crippen molar-refractivity contribution >= 4 is 5.91 Å². The van der Waals surface area contributed by atoms with Crippen LogP contribution >= 0.6 is 0 Å². The van der Waals surface area contributed by atoms with Crippen LogP contribution in [-0.2, 0) is 16.0 Å². The molecule has 0 spiro atoms. The van der Waals surface area contributed by atoms with Crippen molar-refractivity contribution in [2.75, 3.05) is 19.8 Å². The summed E-state index contributed by atoms with van der Waals surface area (Å²) in [5, 5.41) is 2.99. The lowest BCUT2D eigenvalue weighted by Gasteiger charge is -2.14. The number of hydrogen-bond acceptors (Lipinski definition) is 3. The molecule has 2 rings (SSSR count). The maximum atomic E-state index is 11.6. The number of fused-ring (bicyclic) bond motifs is 1. The molecule has 3 N–H and O–H groups in total. The lowest BCUT2D eigenvalue weighted by Crippen LogP contribution is -2.31. The molecule has 1 aliphatic rings. The van der Waals surface area contributed by atoms with E-state index in [-0.39, 0.29) is 18.6 Å². The molecule has 1 atom stereocenters. The zero-order valence-electron chi connectivity index (χ0n) is 9.82. The first-order valence-corrected chi connectivity index (χ1v) is 5.96. The van der Waals surface area contributed by atoms with Crippen LogP contribution in [0.5, 0.6) is 0 Å². The first-order valence-electron chi connectivity index (χ1n) is 5.96. The van der Waals surface area contributed by atoms with Gasteiger partial charge in [0.15, 0.2) is 0 Å². The number of hydrogen-bond donors (Lipinski definition) is 2. The van der Waals surface area contributed by atoms with Gasteiger partial charge in [-0.15, -0.1) is 0 Å². The Labute approximate surface area is 101 Å². The van der Waals surface area contributed by atoms with Crippen LogP contribution in [0.2, 0.25) is 0 Å². The highest BCUT2D eigenvalue weighted by Crippen LogP contribution is 2.30. The molecule has 1 aromatic rings. The first-order chi connectivity index (χ1) is 8.31. The molecule has 92 valence electrons. The van der Waals surface area contributed by atoms with E-state index in [2.05, 4.69) is 17.4 Å². The van der Waals surface area contributed by atoms with E-state index >= 15 is 0 Å². The van der Waals surface area contributed by atoms with Gasteiger partial charge in [0.05, 0.1) is 12.6 Å². The van der Waals surface area contributed by atoms with Crippen LogP contribution in [0.1, 0.15) is 23.6 Å². The number of carbonyl (C=O) groups excluding carboxylic acids is 1. The Morgan fingerprint density at radius 2 is 2.29 bits per heavy atom. The molecule has 0 aliphatic heterocycles. The summed E-state index contributed by atoms with van der Waals surface area (Å²) in [6, 6.07) is 8.38. The van der Waals surface area contributed by atoms with Gasteiger partial charge in [-0.2, -0.15) is 0 Å². The van der Waals surface area contributed by atoms with E-state index in [1.54, 1.807) is 0 Å². The largest absolute Gasteiger partial charge is 0.370 e. The van der Waals surface area contributed by atoms with E-state index in [0.29, 0.717) is 13.2 Å². The molecule has 17 heavy (non-hydrogen) atoms. The van der Waals surface area contributed by atoms with Gasteiger partial charge in [-0.3, -0.25) is 4.79 Å². The second-order valence-electron chi connectivity index (χ2n) is 4.20. The number of amides is 1. The van der Waals surface area contributed by atoms with Crippen molar-refractivity contribution in [3.63, 3.8) is 0 Å². The normalized spacial score (nSPS) is 17.8. The number of carbonyl (C=O) groups is 1. The molecule has 0 bridgehead atoms. The highest BCUT2D eigenvalue weighted by atomic mass is 16.5. The molecule has 4 nitrogen and oxygen atoms in total. The van der Waals surface area contributed by atoms with Crippen molar-refractivity contribution in [1.29, 1.82) is 0 Å². The van der Waals surface area contributed by atoms with Crippen molar-refractivity contribution in [2.24, 2.45) is 5.73 Å². The van der Waals surface area contributed by atoms with Crippen LogP contribution < -0.4 is 11.1 Å². The molecule has 4 heteroatoms. The average Bonchev–Trinajstić information content (AvgIpc) is 2.73. The molecule has 0 fully saturated rings. The smallest absolute Gasteiger partial charge is 0.246 e. The number of nitrogens with one attached hydrogen (secondary N) is 1. The van der Waals surface area contributed by atoms with Gasteiger partial charge in [0, 0.05) is 6.54 Å². The molecule has 1 aromatic carbocycles. The predicted molar refractivity (Wildman–Crippen MR) is 65.5 cm³/mol. The Bertz CT molecular complexity index is 393. The fraction of sp³-hybridized carbons (Fsp3) is 0.462. The van der Waals surface area contributed by atoms with Crippen LogP contribution in [-0.4, -0.2) is 25.7 Å². The summed E-state index contributed by atoms with van der Waals surface area (Å²) < 4.78 is 5.11. The Balaban J connectivity index is 1.87. The quantitative estimate of drug-likeness (QED) is 0.739. The SMILES string of the molecule is NCCOCC(=O)NC1CCc2ccccc21. The van der Waals surface area contributed by atoms with Crippen LogP contribution in [0.15, 0.2) is 24.3 Å². The Morgan fingerprint density at radius 1 is 1.47 bits per heavy atom. The summed E-state index contributed by atoms with van der Waals surface area (Å²) in [6.07, 6.45) is 2.01. The van der Waals surface area contributed by atoms with E-state index in [1.165, 1.54) is 11.1 Å². The predicted octanol–water partition coefficient (Wildman–Crippen LogP) is 0.765. The van der Waals surface area contributed by atoms with Crippen molar-refractivity contribution in [1.82, 2.24) is 5.32 Å². The van der Waals surface area contributed by atoms with Gasteiger partial charge in [0.25, 0.3) is 0 Å². The van der Waals surface area contributed by atoms with Gasteiger partial charge >= 0.3 is 0 Å². The maximum absolute atomic E-state index is 11.6. The summed E-state index contributed by atoms with van der Waals surface area (Å²) in [4.78, 5) is 11.6. The number of benzene rings is 1. The van der Waals surface area contributed by atoms with E-state index in [9.17, 15) is 4.79 Å². The highest BCUT2D eigenvalue weighted by Gasteiger charge is 2.22. The van der Waals surface area contributed by atoms with Crippen LogP contribution in [0, 0.1) is 0 Å². The molecular formula is C13H18N2O2. The third-order valence-electron chi connectivity index (χ3n) is 2.96. The lowest BCUT2D eigenvalue weighted by molar-refractivity contribution is -0.126. The zero-order chi connectivity index (χ0) is 12.1. The van der Waals surface area contributed by atoms with Crippen LogP contribution in [0.25, 0.3) is 0 Å². The third kappa shape index (κ3) is 3.05. The molecule has 0 aromatic heterocycles. The minimum absolute atomic E-state index is 0.0693. The minimum atomic E-state index is -0.0693. The molecule has 1 amide bonds. The van der Waals surface area contributed by atoms with Gasteiger partial charge < -0.3 is 15.8 Å². The molecule has 1 aliphatic carbocycles. The Kier molecular flexibility index (Phi) is 4.12. The summed E-state index contributed by atoms with van der Waals surface area (Å²) in [5.74, 6) is -0.0693. The standard InChI is InChI=1S/C13H18N2O2/c14-7-8-17-9-13(16)15-12-6-5-10-3-1-2-4-11(10)12/h1-4,12H,5-9,14H2,(H,15,16). The van der Waals surface area contributed by atoms with Gasteiger partial charge in [-0.1, -0.05) is 24.3 Å². The first kappa shape index (κ1) is 12.1. The molecule has 1 unspecified atom stereocenters. The Morgan fingerprint density at radius 3 is 3.12 bits per heavy atom. The van der Waals surface area contributed by atoms with Gasteiger partial charge in [0.2, 0.25) is 5.91 Å². The van der Waals surface area contributed by atoms with Crippen molar-refractivity contribution < 1.29 is 9.53 Å².